The van der Waals surface area contributed by atoms with Crippen LogP contribution in [-0.4, -0.2) is 32.8 Å². The first-order valence-corrected chi connectivity index (χ1v) is 8.19. The molecule has 128 valence electrons. The van der Waals surface area contributed by atoms with Crippen LogP contribution in [0.4, 0.5) is 0 Å². The second-order valence-electron chi connectivity index (χ2n) is 5.28. The summed E-state index contributed by atoms with van der Waals surface area (Å²) in [6.45, 7) is 2.37. The van der Waals surface area contributed by atoms with Crippen LogP contribution in [0.1, 0.15) is 11.3 Å². The lowest BCUT2D eigenvalue weighted by molar-refractivity contribution is 0.171. The molecule has 0 saturated carbocycles. The van der Waals surface area contributed by atoms with Crippen molar-refractivity contribution in [2.75, 3.05) is 26.8 Å². The lowest BCUT2D eigenvalue weighted by Crippen LogP contribution is -2.37. The number of halogens is 1. The predicted molar refractivity (Wildman–Crippen MR) is 93.1 cm³/mol. The van der Waals surface area contributed by atoms with Crippen LogP contribution in [0.2, 0.25) is 5.02 Å². The first-order valence-electron chi connectivity index (χ1n) is 7.81. The summed E-state index contributed by atoms with van der Waals surface area (Å²) in [6.07, 6.45) is 2.47. The highest BCUT2D eigenvalue weighted by molar-refractivity contribution is 6.32. The van der Waals surface area contributed by atoms with Gasteiger partial charge in [-0.05, 0) is 29.8 Å². The van der Waals surface area contributed by atoms with Crippen molar-refractivity contribution in [3.05, 3.63) is 46.9 Å². The van der Waals surface area contributed by atoms with Crippen molar-refractivity contribution < 1.29 is 13.9 Å². The number of nitrogens with zero attached hydrogens (tertiary/aromatic N) is 1. The van der Waals surface area contributed by atoms with Gasteiger partial charge in [0.1, 0.15) is 19.0 Å². The Balaban J connectivity index is 1.53. The smallest absolute Gasteiger partial charge is 0.191 e. The van der Waals surface area contributed by atoms with Crippen molar-refractivity contribution in [2.45, 2.75) is 13.0 Å². The van der Waals surface area contributed by atoms with Gasteiger partial charge in [-0.2, -0.15) is 0 Å². The molecule has 2 heterocycles. The van der Waals surface area contributed by atoms with E-state index in [0.29, 0.717) is 42.2 Å². The van der Waals surface area contributed by atoms with Gasteiger partial charge in [-0.1, -0.05) is 11.6 Å². The number of furan rings is 1. The van der Waals surface area contributed by atoms with E-state index in [1.807, 2.05) is 24.3 Å². The molecular formula is C17H20ClN3O3. The molecule has 1 aromatic carbocycles. The first-order chi connectivity index (χ1) is 11.8. The molecule has 1 aliphatic rings. The predicted octanol–water partition coefficient (Wildman–Crippen LogP) is 2.61. The first kappa shape index (κ1) is 16.5. The zero-order valence-electron chi connectivity index (χ0n) is 13.5. The van der Waals surface area contributed by atoms with Gasteiger partial charge < -0.3 is 24.5 Å². The number of fused-ring (bicyclic) bond motifs is 1. The summed E-state index contributed by atoms with van der Waals surface area (Å²) in [4.78, 5) is 4.21. The maximum atomic E-state index is 6.25. The van der Waals surface area contributed by atoms with E-state index in [-0.39, 0.29) is 0 Å². The Labute approximate surface area is 145 Å². The Morgan fingerprint density at radius 2 is 2.12 bits per heavy atom. The van der Waals surface area contributed by atoms with Gasteiger partial charge in [0, 0.05) is 26.6 Å². The second kappa shape index (κ2) is 7.97. The van der Waals surface area contributed by atoms with Crippen LogP contribution in [0.25, 0.3) is 0 Å². The van der Waals surface area contributed by atoms with Crippen molar-refractivity contribution in [1.29, 1.82) is 0 Å². The minimum absolute atomic E-state index is 0.524. The SMILES string of the molecule is CN=C(NCCc1ccco1)NCc1cc(Cl)c2c(c1)OCCO2. The van der Waals surface area contributed by atoms with Gasteiger partial charge in [0.2, 0.25) is 0 Å². The number of benzene rings is 1. The summed E-state index contributed by atoms with van der Waals surface area (Å²) in [6, 6.07) is 7.64. The third-order valence-electron chi connectivity index (χ3n) is 3.58. The highest BCUT2D eigenvalue weighted by Crippen LogP contribution is 2.38. The average Bonchev–Trinajstić information content (AvgIpc) is 3.11. The molecule has 24 heavy (non-hydrogen) atoms. The van der Waals surface area contributed by atoms with E-state index in [2.05, 4.69) is 15.6 Å². The topological polar surface area (TPSA) is 68.0 Å². The molecule has 0 amide bonds. The van der Waals surface area contributed by atoms with Crippen LogP contribution in [0.3, 0.4) is 0 Å². The summed E-state index contributed by atoms with van der Waals surface area (Å²) in [5, 5.41) is 7.06. The summed E-state index contributed by atoms with van der Waals surface area (Å²) >= 11 is 6.25. The Morgan fingerprint density at radius 3 is 2.92 bits per heavy atom. The van der Waals surface area contributed by atoms with Crippen LogP contribution < -0.4 is 20.1 Å². The molecule has 7 heteroatoms. The molecule has 0 aliphatic carbocycles. The molecule has 0 radical (unpaired) electrons. The van der Waals surface area contributed by atoms with Crippen LogP contribution >= 0.6 is 11.6 Å². The second-order valence-corrected chi connectivity index (χ2v) is 5.69. The molecule has 0 unspecified atom stereocenters. The lowest BCUT2D eigenvalue weighted by Gasteiger charge is -2.20. The third kappa shape index (κ3) is 4.14. The maximum absolute atomic E-state index is 6.25. The lowest BCUT2D eigenvalue weighted by atomic mass is 10.2. The van der Waals surface area contributed by atoms with E-state index < -0.39 is 0 Å². The van der Waals surface area contributed by atoms with Gasteiger partial charge in [0.15, 0.2) is 17.5 Å². The summed E-state index contributed by atoms with van der Waals surface area (Å²) in [7, 11) is 1.74. The van der Waals surface area contributed by atoms with Gasteiger partial charge in [-0.15, -0.1) is 0 Å². The van der Waals surface area contributed by atoms with Crippen LogP contribution in [-0.2, 0) is 13.0 Å². The molecule has 2 aromatic rings. The molecular weight excluding hydrogens is 330 g/mol. The highest BCUT2D eigenvalue weighted by atomic mass is 35.5. The Kier molecular flexibility index (Phi) is 5.48. The highest BCUT2D eigenvalue weighted by Gasteiger charge is 2.16. The number of ether oxygens (including phenoxy) is 2. The maximum Gasteiger partial charge on any atom is 0.191 e. The zero-order chi connectivity index (χ0) is 16.8. The molecule has 0 fully saturated rings. The minimum Gasteiger partial charge on any atom is -0.486 e. The van der Waals surface area contributed by atoms with E-state index in [1.165, 1.54) is 0 Å². The van der Waals surface area contributed by atoms with Gasteiger partial charge in [0.25, 0.3) is 0 Å². The van der Waals surface area contributed by atoms with E-state index in [0.717, 1.165) is 24.3 Å². The fourth-order valence-electron chi connectivity index (χ4n) is 2.43. The van der Waals surface area contributed by atoms with Crippen molar-refractivity contribution in [1.82, 2.24) is 10.6 Å². The number of hydrogen-bond acceptors (Lipinski definition) is 4. The van der Waals surface area contributed by atoms with Gasteiger partial charge >= 0.3 is 0 Å². The molecule has 0 atom stereocenters. The third-order valence-corrected chi connectivity index (χ3v) is 3.86. The van der Waals surface area contributed by atoms with Crippen LogP contribution in [0.5, 0.6) is 11.5 Å². The van der Waals surface area contributed by atoms with Crippen molar-refractivity contribution in [3.8, 4) is 11.5 Å². The molecule has 3 rings (SSSR count). The fraction of sp³-hybridized carbons (Fsp3) is 0.353. The minimum atomic E-state index is 0.524. The average molecular weight is 350 g/mol. The summed E-state index contributed by atoms with van der Waals surface area (Å²) in [5.41, 5.74) is 0.998. The van der Waals surface area contributed by atoms with Crippen molar-refractivity contribution in [2.24, 2.45) is 4.99 Å². The standard InChI is InChI=1S/C17H20ClN3O3/c1-19-17(20-5-4-13-3-2-6-22-13)21-11-12-9-14(18)16-15(10-12)23-7-8-24-16/h2-3,6,9-10H,4-5,7-8,11H2,1H3,(H2,19,20,21). The van der Waals surface area contributed by atoms with Crippen LogP contribution in [0.15, 0.2) is 39.9 Å². The zero-order valence-corrected chi connectivity index (χ0v) is 14.2. The van der Waals surface area contributed by atoms with Crippen molar-refractivity contribution in [3.63, 3.8) is 0 Å². The largest absolute Gasteiger partial charge is 0.486 e. The Hall–Kier alpha value is -2.34. The number of rotatable bonds is 5. The molecule has 0 saturated heterocycles. The van der Waals surface area contributed by atoms with E-state index in [1.54, 1.807) is 13.3 Å². The van der Waals surface area contributed by atoms with Gasteiger partial charge in [-0.3, -0.25) is 4.99 Å². The van der Waals surface area contributed by atoms with E-state index >= 15 is 0 Å². The molecule has 1 aliphatic heterocycles. The van der Waals surface area contributed by atoms with E-state index in [9.17, 15) is 0 Å². The van der Waals surface area contributed by atoms with Gasteiger partial charge in [0.05, 0.1) is 11.3 Å². The van der Waals surface area contributed by atoms with E-state index in [4.69, 9.17) is 25.5 Å². The Bertz CT molecular complexity index is 701. The summed E-state index contributed by atoms with van der Waals surface area (Å²) < 4.78 is 16.4. The number of guanidine groups is 1. The number of hydrogen-bond donors (Lipinski definition) is 2. The normalized spacial score (nSPS) is 13.7. The molecule has 0 spiro atoms. The summed E-state index contributed by atoms with van der Waals surface area (Å²) in [5.74, 6) is 2.96. The van der Waals surface area contributed by atoms with Gasteiger partial charge in [-0.25, -0.2) is 0 Å². The number of aliphatic imine (C=N–C) groups is 1. The fourth-order valence-corrected chi connectivity index (χ4v) is 2.72. The molecule has 6 nitrogen and oxygen atoms in total. The van der Waals surface area contributed by atoms with Crippen molar-refractivity contribution >= 4 is 17.6 Å². The quantitative estimate of drug-likeness (QED) is 0.641. The van der Waals surface area contributed by atoms with Crippen LogP contribution in [0, 0.1) is 0 Å². The number of nitrogens with one attached hydrogen (secondary N) is 2. The molecule has 1 aromatic heterocycles. The molecule has 2 N–H and O–H groups in total. The molecule has 0 bridgehead atoms. The Morgan fingerprint density at radius 1 is 1.25 bits per heavy atom. The monoisotopic (exact) mass is 349 g/mol.